The number of carbonyl (C=O) groups is 2. The van der Waals surface area contributed by atoms with Gasteiger partial charge in [0.2, 0.25) is 0 Å². The molecule has 0 aliphatic carbocycles. The summed E-state index contributed by atoms with van der Waals surface area (Å²) in [5, 5.41) is 13.3. The molecule has 2 N–H and O–H groups in total. The first-order valence-corrected chi connectivity index (χ1v) is 14.3. The van der Waals surface area contributed by atoms with Crippen molar-refractivity contribution in [2.45, 2.75) is 39.2 Å². The lowest BCUT2D eigenvalue weighted by Gasteiger charge is -2.23. The number of rotatable bonds is 16. The first-order chi connectivity index (χ1) is 19.7. The number of ether oxygens (including phenoxy) is 3. The lowest BCUT2D eigenvalue weighted by Crippen LogP contribution is -2.38. The monoisotopic (exact) mass is 602 g/mol. The van der Waals surface area contributed by atoms with Crippen LogP contribution in [0.1, 0.15) is 30.9 Å². The maximum absolute atomic E-state index is 13.1. The number of carboxylic acid groups (broad SMARTS) is 1. The summed E-state index contributed by atoms with van der Waals surface area (Å²) in [5.41, 5.74) is 2.66. The molecule has 0 spiro atoms. The average molecular weight is 604 g/mol. The molecule has 1 atom stereocenters. The van der Waals surface area contributed by atoms with E-state index in [9.17, 15) is 14.7 Å². The highest BCUT2D eigenvalue weighted by atomic mass is 35.5. The number of carbonyl (C=O) groups excluding carboxylic acids is 1. The summed E-state index contributed by atoms with van der Waals surface area (Å²) in [5.74, 6) is 0.244. The second kappa shape index (κ2) is 16.7. The summed E-state index contributed by atoms with van der Waals surface area (Å²) in [6, 6.07) is 19.7. The maximum Gasteiger partial charge on any atom is 0.333 e. The minimum atomic E-state index is -0.989. The second-order valence-electron chi connectivity index (χ2n) is 9.42. The molecule has 10 heteroatoms. The molecule has 1 unspecified atom stereocenters. The number of halogens is 2. The summed E-state index contributed by atoms with van der Waals surface area (Å²) in [6.45, 7) is 5.71. The van der Waals surface area contributed by atoms with Crippen LogP contribution in [-0.4, -0.2) is 61.0 Å². The van der Waals surface area contributed by atoms with Crippen molar-refractivity contribution in [2.75, 3.05) is 38.2 Å². The van der Waals surface area contributed by atoms with Crippen molar-refractivity contribution in [1.29, 1.82) is 0 Å². The van der Waals surface area contributed by atoms with Gasteiger partial charge >= 0.3 is 12.0 Å². The number of aliphatic carboxylic acids is 1. The second-order valence-corrected chi connectivity index (χ2v) is 10.3. The van der Waals surface area contributed by atoms with Gasteiger partial charge in [-0.2, -0.15) is 0 Å². The van der Waals surface area contributed by atoms with Gasteiger partial charge in [-0.25, -0.2) is 9.59 Å². The Bertz CT molecular complexity index is 1230. The van der Waals surface area contributed by atoms with Crippen LogP contribution in [0.25, 0.3) is 0 Å². The van der Waals surface area contributed by atoms with E-state index in [0.717, 1.165) is 29.7 Å². The average Bonchev–Trinajstić information content (AvgIpc) is 2.93. The Morgan fingerprint density at radius 1 is 0.878 bits per heavy atom. The number of benzene rings is 3. The number of nitrogens with zero attached hydrogens (tertiary/aromatic N) is 1. The third-order valence-corrected chi connectivity index (χ3v) is 6.57. The van der Waals surface area contributed by atoms with Crippen molar-refractivity contribution >= 4 is 40.9 Å². The number of carboxylic acids is 1. The smallest absolute Gasteiger partial charge is 0.333 e. The van der Waals surface area contributed by atoms with Crippen LogP contribution in [-0.2, 0) is 16.0 Å². The largest absolute Gasteiger partial charge is 0.493 e. The first kappa shape index (κ1) is 32.1. The van der Waals surface area contributed by atoms with E-state index in [-0.39, 0.29) is 19.1 Å². The minimum Gasteiger partial charge on any atom is -0.493 e. The summed E-state index contributed by atoms with van der Waals surface area (Å²) in [7, 11) is 0. The molecule has 2 amide bonds. The van der Waals surface area contributed by atoms with Crippen LogP contribution < -0.4 is 14.8 Å². The molecule has 0 aliphatic rings. The molecule has 0 saturated heterocycles. The highest BCUT2D eigenvalue weighted by Crippen LogP contribution is 2.24. The number of aryl methyl sites for hydroxylation is 1. The van der Waals surface area contributed by atoms with Crippen molar-refractivity contribution in [3.05, 3.63) is 87.9 Å². The van der Waals surface area contributed by atoms with E-state index in [1.165, 1.54) is 0 Å². The number of urea groups is 1. The Labute approximate surface area is 251 Å². The standard InChI is InChI=1S/C31H36Cl2N2O6/c1-3-39-29(30(36)37)18-23-8-12-27(13-9-23)41-17-15-35(31(38)34-26-10-6-22(2)7-11-26)14-4-5-16-40-28-20-24(32)19-25(33)21-28/h6-13,19-21,29H,3-5,14-18H2,1-2H3,(H,34,38)(H,36,37). The predicted molar refractivity (Wildman–Crippen MR) is 162 cm³/mol. The van der Waals surface area contributed by atoms with Gasteiger partial charge in [0, 0.05) is 35.3 Å². The third kappa shape index (κ3) is 11.5. The summed E-state index contributed by atoms with van der Waals surface area (Å²) in [4.78, 5) is 26.2. The van der Waals surface area contributed by atoms with E-state index in [1.54, 1.807) is 42.2 Å². The molecule has 41 heavy (non-hydrogen) atoms. The topological polar surface area (TPSA) is 97.3 Å². The molecule has 0 fully saturated rings. The lowest BCUT2D eigenvalue weighted by atomic mass is 10.1. The van der Waals surface area contributed by atoms with E-state index in [2.05, 4.69) is 5.32 Å². The van der Waals surface area contributed by atoms with Crippen molar-refractivity contribution in [2.24, 2.45) is 0 Å². The Morgan fingerprint density at radius 3 is 2.17 bits per heavy atom. The van der Waals surface area contributed by atoms with Crippen molar-refractivity contribution in [1.82, 2.24) is 4.90 Å². The Hall–Kier alpha value is -3.46. The van der Waals surface area contributed by atoms with Gasteiger partial charge in [-0.05, 0) is 74.7 Å². The number of hydrogen-bond acceptors (Lipinski definition) is 5. The highest BCUT2D eigenvalue weighted by molar-refractivity contribution is 6.34. The number of amides is 2. The fourth-order valence-electron chi connectivity index (χ4n) is 3.99. The number of unbranched alkanes of at least 4 members (excludes halogenated alkanes) is 1. The normalized spacial score (nSPS) is 11.5. The van der Waals surface area contributed by atoms with Crippen LogP contribution in [0.4, 0.5) is 10.5 Å². The van der Waals surface area contributed by atoms with Gasteiger partial charge in [0.1, 0.15) is 18.1 Å². The molecule has 3 rings (SSSR count). The molecule has 3 aromatic rings. The Kier molecular flexibility index (Phi) is 13.1. The summed E-state index contributed by atoms with van der Waals surface area (Å²) < 4.78 is 16.9. The first-order valence-electron chi connectivity index (χ1n) is 13.5. The van der Waals surface area contributed by atoms with Crippen LogP contribution in [0.2, 0.25) is 10.0 Å². The van der Waals surface area contributed by atoms with E-state index < -0.39 is 12.1 Å². The minimum absolute atomic E-state index is 0.217. The van der Waals surface area contributed by atoms with E-state index in [1.807, 2.05) is 43.3 Å². The number of anilines is 1. The van der Waals surface area contributed by atoms with E-state index >= 15 is 0 Å². The fourth-order valence-corrected chi connectivity index (χ4v) is 4.50. The van der Waals surface area contributed by atoms with Gasteiger partial charge in [0.15, 0.2) is 6.10 Å². The van der Waals surface area contributed by atoms with Crippen LogP contribution in [0, 0.1) is 6.92 Å². The third-order valence-electron chi connectivity index (χ3n) is 6.13. The molecule has 0 radical (unpaired) electrons. The molecule has 8 nitrogen and oxygen atoms in total. The molecule has 0 aromatic heterocycles. The van der Waals surface area contributed by atoms with Gasteiger partial charge < -0.3 is 29.5 Å². The van der Waals surface area contributed by atoms with Gasteiger partial charge in [-0.1, -0.05) is 53.0 Å². The van der Waals surface area contributed by atoms with E-state index in [4.69, 9.17) is 37.4 Å². The Balaban J connectivity index is 1.52. The number of nitrogens with one attached hydrogen (secondary N) is 1. The Morgan fingerprint density at radius 2 is 1.54 bits per heavy atom. The molecule has 0 heterocycles. The SMILES string of the molecule is CCOC(Cc1ccc(OCCN(CCCCOc2cc(Cl)cc(Cl)c2)C(=O)Nc2ccc(C)cc2)cc1)C(=O)O. The molecule has 0 aliphatic heterocycles. The molecule has 0 bridgehead atoms. The predicted octanol–water partition coefficient (Wildman–Crippen LogP) is 7.11. The van der Waals surface area contributed by atoms with Crippen molar-refractivity contribution in [3.63, 3.8) is 0 Å². The van der Waals surface area contributed by atoms with Gasteiger partial charge in [-0.15, -0.1) is 0 Å². The lowest BCUT2D eigenvalue weighted by molar-refractivity contribution is -0.149. The van der Waals surface area contributed by atoms with Crippen molar-refractivity contribution in [3.8, 4) is 11.5 Å². The zero-order chi connectivity index (χ0) is 29.6. The molecular formula is C31H36Cl2N2O6. The van der Waals surface area contributed by atoms with Crippen molar-refractivity contribution < 1.29 is 28.9 Å². The quantitative estimate of drug-likeness (QED) is 0.170. The van der Waals surface area contributed by atoms with Crippen LogP contribution in [0.3, 0.4) is 0 Å². The fraction of sp³-hybridized carbons (Fsp3) is 0.355. The summed E-state index contributed by atoms with van der Waals surface area (Å²) in [6.07, 6.45) is 0.820. The van der Waals surface area contributed by atoms with Crippen LogP contribution in [0.5, 0.6) is 11.5 Å². The molecular weight excluding hydrogens is 567 g/mol. The van der Waals surface area contributed by atoms with Gasteiger partial charge in [0.05, 0.1) is 13.2 Å². The van der Waals surface area contributed by atoms with E-state index in [0.29, 0.717) is 47.8 Å². The highest BCUT2D eigenvalue weighted by Gasteiger charge is 2.18. The molecule has 0 saturated carbocycles. The zero-order valence-corrected chi connectivity index (χ0v) is 24.8. The van der Waals surface area contributed by atoms with Gasteiger partial charge in [-0.3, -0.25) is 0 Å². The molecule has 3 aromatic carbocycles. The molecule has 220 valence electrons. The zero-order valence-electron chi connectivity index (χ0n) is 23.3. The van der Waals surface area contributed by atoms with Crippen LogP contribution >= 0.6 is 23.2 Å². The number of hydrogen-bond donors (Lipinski definition) is 2. The summed E-state index contributed by atoms with van der Waals surface area (Å²) >= 11 is 12.1. The maximum atomic E-state index is 13.1. The van der Waals surface area contributed by atoms with Crippen LogP contribution in [0.15, 0.2) is 66.7 Å². The van der Waals surface area contributed by atoms with Gasteiger partial charge in [0.25, 0.3) is 0 Å².